The highest BCUT2D eigenvalue weighted by atomic mass is 15.8. The summed E-state index contributed by atoms with van der Waals surface area (Å²) in [6.07, 6.45) is 0. The van der Waals surface area contributed by atoms with Gasteiger partial charge >= 0.3 is 0 Å². The molecule has 0 aromatic carbocycles. The first-order valence-electron chi connectivity index (χ1n) is 17.9. The quantitative estimate of drug-likeness (QED) is 0.0341. The van der Waals surface area contributed by atoms with E-state index in [4.69, 9.17) is 0 Å². The van der Waals surface area contributed by atoms with Crippen molar-refractivity contribution in [3.63, 3.8) is 0 Å². The average Bonchev–Trinajstić information content (AvgIpc) is 3.55. The Morgan fingerprint density at radius 1 is 0.0556 bits per heavy atom. The first-order chi connectivity index (χ1) is 44.9. The lowest BCUT2D eigenvalue weighted by Crippen LogP contribution is -1.70. The van der Waals surface area contributed by atoms with E-state index in [1.165, 1.54) is 0 Å². The summed E-state index contributed by atoms with van der Waals surface area (Å²) in [5.41, 5.74) is 0. The molecule has 0 bridgehead atoms. The van der Waals surface area contributed by atoms with Crippen molar-refractivity contribution in [3.8, 4) is 0 Å². The van der Waals surface area contributed by atoms with Crippen LogP contribution >= 0.6 is 0 Å². The molecule has 0 spiro atoms. The molecule has 0 rings (SSSR count). The number of hydrogen-bond acceptors (Lipinski definition) is 2. The first-order valence-corrected chi connectivity index (χ1v) is 17.9. The number of hydrogen-bond donors (Lipinski definition) is 2. The first kappa shape index (κ1) is 72.0. The van der Waals surface area contributed by atoms with Crippen LogP contribution in [0.15, 0.2) is 460 Å². The zero-order chi connectivity index (χ0) is 64.2. The van der Waals surface area contributed by atoms with Crippen LogP contribution in [0.3, 0.4) is 0 Å². The van der Waals surface area contributed by atoms with E-state index < -0.39 is 0 Å². The van der Waals surface area contributed by atoms with Gasteiger partial charge in [0, 0.05) is 376 Å². The lowest BCUT2D eigenvalue weighted by atomic mass is 12.3. The second-order valence-corrected chi connectivity index (χ2v) is 7.92. The summed E-state index contributed by atoms with van der Waals surface area (Å²) in [4.78, 5) is 0. The summed E-state index contributed by atoms with van der Waals surface area (Å²) < 4.78 is 0. The second-order valence-electron chi connectivity index (χ2n) is 7.92. The molecule has 0 unspecified atom stereocenters. The smallest absolute Gasteiger partial charge is 0 e. The highest BCUT2D eigenvalue weighted by Crippen LogP contribution is 1.97. The predicted molar refractivity (Wildman–Crippen MR) is 222 cm³/mol. The molecule has 0 saturated carbocycles. The molecule has 0 saturated heterocycles. The predicted octanol–water partition coefficient (Wildman–Crippen LogP) is 15.0. The molecule has 0 fully saturated rings. The van der Waals surface area contributed by atoms with Crippen LogP contribution in [0.4, 0.5) is 0 Å². The minimum absolute atomic E-state index is 2.75. The molecule has 0 atom stereocenters. The molecule has 0 radical (unpaired) electrons. The molecule has 454 valence electrons. The highest BCUT2D eigenvalue weighted by Gasteiger charge is 1.79. The molecular formula is H4N90. The van der Waals surface area contributed by atoms with Crippen LogP contribution < -0.4 is 11.7 Å². The van der Waals surface area contributed by atoms with Gasteiger partial charge in [-0.25, -0.2) is 0 Å². The normalized spacial score (nSPS) is 15.7. The van der Waals surface area contributed by atoms with Crippen LogP contribution in [0, 0.1) is 0 Å². The monoisotopic (exact) mass is 1260 g/mol. The Hall–Kier alpha value is -18.0. The fraction of sp³-hybridized carbons (Fsp3) is 0. The van der Waals surface area contributed by atoms with Gasteiger partial charge in [0.2, 0.25) is 0 Å². The van der Waals surface area contributed by atoms with Gasteiger partial charge in [0.05, 0.1) is 0 Å². The average molecular weight is 1260 g/mol. The summed E-state index contributed by atoms with van der Waals surface area (Å²) in [6.45, 7) is 0. The minimum Gasteiger partial charge on any atom is -0.303 e. The van der Waals surface area contributed by atoms with Crippen LogP contribution in [0.2, 0.25) is 0 Å². The Kier molecular flexibility index (Phi) is 56.8. The molecule has 90 heavy (non-hydrogen) atoms. The highest BCUT2D eigenvalue weighted by molar-refractivity contribution is 4.22. The van der Waals surface area contributed by atoms with Crippen molar-refractivity contribution in [2.45, 2.75) is 0 Å². The Balaban J connectivity index is 4.11. The van der Waals surface area contributed by atoms with Gasteiger partial charge in [0.1, 0.15) is 0 Å². The van der Waals surface area contributed by atoms with E-state index in [0.29, 0.717) is 0 Å². The van der Waals surface area contributed by atoms with E-state index in [2.05, 4.69) is 471 Å². The Labute approximate surface area is 471 Å². The maximum atomic E-state index is 4.63. The van der Waals surface area contributed by atoms with Gasteiger partial charge in [-0.3, -0.25) is 0 Å². The van der Waals surface area contributed by atoms with Crippen LogP contribution in [0.25, 0.3) is 0 Å². The van der Waals surface area contributed by atoms with Gasteiger partial charge in [-0.05, 0) is 73.1 Å². The van der Waals surface area contributed by atoms with E-state index in [0.717, 1.165) is 0 Å². The van der Waals surface area contributed by atoms with Crippen LogP contribution in [-0.2, 0) is 0 Å². The van der Waals surface area contributed by atoms with Crippen molar-refractivity contribution in [1.82, 2.24) is 0 Å². The number of nitrogens with zero attached hydrogens (tertiary/aromatic N) is 88. The van der Waals surface area contributed by atoms with Gasteiger partial charge in [0.15, 0.2) is 0 Å². The van der Waals surface area contributed by atoms with Crippen LogP contribution in [0.5, 0.6) is 0 Å². The Bertz CT molecular complexity index is 3030. The van der Waals surface area contributed by atoms with E-state index >= 15 is 0 Å². The third-order valence-electron chi connectivity index (χ3n) is 3.50. The van der Waals surface area contributed by atoms with Crippen molar-refractivity contribution in [1.29, 1.82) is 0 Å². The van der Waals surface area contributed by atoms with Crippen LogP contribution in [0.1, 0.15) is 0 Å². The molecule has 0 aromatic heterocycles. The lowest BCUT2D eigenvalue weighted by molar-refractivity contribution is 0.723. The van der Waals surface area contributed by atoms with Crippen molar-refractivity contribution >= 4 is 0 Å². The zero-order valence-electron chi connectivity index (χ0n) is 40.5. The third-order valence-corrected chi connectivity index (χ3v) is 3.50. The zero-order valence-corrected chi connectivity index (χ0v) is 40.5. The fourth-order valence-corrected chi connectivity index (χ4v) is 1.55. The van der Waals surface area contributed by atoms with Crippen molar-refractivity contribution in [2.75, 3.05) is 0 Å². The van der Waals surface area contributed by atoms with E-state index in [-0.39, 0.29) is 0 Å². The largest absolute Gasteiger partial charge is 0.303 e. The van der Waals surface area contributed by atoms with Gasteiger partial charge in [-0.15, -0.1) is 0 Å². The SMILES string of the molecule is N/N=N/N=N/N=N/N=N/N=N/N=N/N=N/N=N/N=N/N=N/N=N/N=N/N=N/N=N/N=N/N=N/N=N/N=N/N=N/N=N/N=N/N=N/N=N/N=N/N=N/N=N/N=N/N=N/N=N/N=N/N=N/N=N/N=N/N=N/N=N/N=N/N=N/N=N/N=N/N=N/N=N/N=N/N=N/N=N/N. The molecule has 90 nitrogen and oxygen atoms in total. The Morgan fingerprint density at radius 2 is 0.0889 bits per heavy atom. The Morgan fingerprint density at radius 3 is 0.122 bits per heavy atom. The molecule has 0 amide bonds. The molecule has 4 N–H and O–H groups in total. The summed E-state index contributed by atoms with van der Waals surface area (Å²) in [6, 6.07) is 0. The summed E-state index contributed by atoms with van der Waals surface area (Å²) in [5, 5.41) is 263. The maximum Gasteiger partial charge on any atom is 0 e. The summed E-state index contributed by atoms with van der Waals surface area (Å²) >= 11 is 0. The number of rotatable bonds is 43. The second kappa shape index (κ2) is 71.0. The lowest BCUT2D eigenvalue weighted by Gasteiger charge is -1.71. The summed E-state index contributed by atoms with van der Waals surface area (Å²) in [7, 11) is 0. The van der Waals surface area contributed by atoms with E-state index in [1.54, 1.807) is 0 Å². The standard InChI is InChI=1S/H4N90/c1-3-5-7-9-11-13-15-17-19-21-23-25-27-29-31-33-35-37-39-41-43-45-47-49-51-53-55-57-59-61-63-65-67-69-71-73-75-77-79-81-83-85-87-89-90-88-86-84-82-80-78-76-74-72-70-68-66-64-62-60-58-56-54-52-50-48-46-44-42-40-38-36-34-32-30-28-26-24-22-20-18-16-14-12-10-8-6-4-2/h(H2,1,4,5,8,9,12,13,16,17,20,21,24,25,28,29,32,33,36,37,40,41,44,45,48,49,52,53,56,57,60,61,64,65,68,69,72,73,76,77,80,81,84,85,88,89)(H2,2,3,6,7,10,11,14,15,18,19,22,23,26,27,30,31,34,35,38,39,42,43,46,47,50,51,54,55,58,59,62,63,66,67,70,71,74,75,78,79,82,83,86,87,90). The topological polar surface area (TPSA) is 1140 Å². The molecule has 0 aliphatic carbocycles. The van der Waals surface area contributed by atoms with Gasteiger partial charge in [-0.1, -0.05) is 10.4 Å². The fourth-order valence-electron chi connectivity index (χ4n) is 1.55. The third kappa shape index (κ3) is 70.0. The van der Waals surface area contributed by atoms with E-state index in [9.17, 15) is 0 Å². The molecule has 0 heterocycles. The van der Waals surface area contributed by atoms with Gasteiger partial charge in [-0.2, -0.15) is 0 Å². The maximum absolute atomic E-state index is 4.63. The van der Waals surface area contributed by atoms with Gasteiger partial charge < -0.3 is 11.7 Å². The van der Waals surface area contributed by atoms with Crippen molar-refractivity contribution in [2.24, 2.45) is 471 Å². The molecule has 0 aliphatic rings. The van der Waals surface area contributed by atoms with E-state index in [1.807, 2.05) is 0 Å². The summed E-state index contributed by atoms with van der Waals surface area (Å²) in [5.74, 6) is 9.27. The van der Waals surface area contributed by atoms with Crippen molar-refractivity contribution < 1.29 is 0 Å². The molecule has 0 aliphatic heterocycles. The molecule has 90 heteroatoms. The molecular weight excluding hydrogens is 1260 g/mol. The van der Waals surface area contributed by atoms with Gasteiger partial charge in [0.25, 0.3) is 0 Å². The molecule has 0 aromatic rings. The van der Waals surface area contributed by atoms with Crippen molar-refractivity contribution in [3.05, 3.63) is 0 Å². The minimum atomic E-state index is 2.75. The van der Waals surface area contributed by atoms with Crippen LogP contribution in [-0.4, -0.2) is 0 Å². The number of nitrogens with two attached hydrogens (primary N) is 2.